The molecular weight excluding hydrogens is 234 g/mol. The normalized spacial score (nSPS) is 24.6. The van der Waals surface area contributed by atoms with Gasteiger partial charge in [-0.2, -0.15) is 0 Å². The van der Waals surface area contributed by atoms with E-state index in [4.69, 9.17) is 4.74 Å². The molecule has 0 radical (unpaired) electrons. The average Bonchev–Trinajstić information content (AvgIpc) is 2.86. The molecule has 0 bridgehead atoms. The van der Waals surface area contributed by atoms with Crippen LogP contribution < -0.4 is 5.32 Å². The van der Waals surface area contributed by atoms with Gasteiger partial charge in [-0.25, -0.2) is 0 Å². The summed E-state index contributed by atoms with van der Waals surface area (Å²) >= 11 is 0. The van der Waals surface area contributed by atoms with Crippen molar-refractivity contribution < 1.29 is 4.74 Å². The average molecular weight is 261 g/mol. The number of hydrogen-bond donors (Lipinski definition) is 1. The number of ether oxygens (including phenoxy) is 1. The molecule has 1 N–H and O–H groups in total. The zero-order valence-corrected chi connectivity index (χ0v) is 12.5. The van der Waals surface area contributed by atoms with Crippen LogP contribution in [0, 0.1) is 5.92 Å². The summed E-state index contributed by atoms with van der Waals surface area (Å²) < 4.78 is 5.76. The number of rotatable bonds is 6. The van der Waals surface area contributed by atoms with Crippen LogP contribution in [0.3, 0.4) is 0 Å². The Kier molecular flexibility index (Phi) is 5.41. The summed E-state index contributed by atoms with van der Waals surface area (Å²) in [6, 6.07) is 9.46. The Bertz CT molecular complexity index is 391. The van der Waals surface area contributed by atoms with E-state index in [-0.39, 0.29) is 0 Å². The zero-order chi connectivity index (χ0) is 13.7. The highest BCUT2D eigenvalue weighted by Crippen LogP contribution is 2.33. The monoisotopic (exact) mass is 261 g/mol. The molecule has 1 heterocycles. The van der Waals surface area contributed by atoms with Gasteiger partial charge < -0.3 is 10.1 Å². The smallest absolute Gasteiger partial charge is 0.0594 e. The van der Waals surface area contributed by atoms with E-state index < -0.39 is 0 Å². The van der Waals surface area contributed by atoms with E-state index in [9.17, 15) is 0 Å². The van der Waals surface area contributed by atoms with Crippen LogP contribution in [0.1, 0.15) is 50.8 Å². The van der Waals surface area contributed by atoms with E-state index in [2.05, 4.69) is 50.4 Å². The zero-order valence-electron chi connectivity index (χ0n) is 12.5. The van der Waals surface area contributed by atoms with Crippen molar-refractivity contribution in [1.29, 1.82) is 0 Å². The van der Waals surface area contributed by atoms with Crippen molar-refractivity contribution in [3.63, 3.8) is 0 Å². The largest absolute Gasteiger partial charge is 0.378 e. The van der Waals surface area contributed by atoms with Gasteiger partial charge >= 0.3 is 0 Å². The second kappa shape index (κ2) is 7.06. The van der Waals surface area contributed by atoms with Gasteiger partial charge in [-0.1, -0.05) is 38.1 Å². The fraction of sp³-hybridized carbons (Fsp3) is 0.647. The van der Waals surface area contributed by atoms with Crippen molar-refractivity contribution >= 4 is 0 Å². The third-order valence-corrected chi connectivity index (χ3v) is 4.20. The first-order valence-electron chi connectivity index (χ1n) is 7.70. The summed E-state index contributed by atoms with van der Waals surface area (Å²) in [6.07, 6.45) is 3.80. The molecule has 106 valence electrons. The van der Waals surface area contributed by atoms with Gasteiger partial charge in [-0.3, -0.25) is 0 Å². The van der Waals surface area contributed by atoms with Gasteiger partial charge in [0.1, 0.15) is 0 Å². The Balaban J connectivity index is 2.20. The maximum atomic E-state index is 5.76. The van der Waals surface area contributed by atoms with Crippen molar-refractivity contribution in [1.82, 2.24) is 5.32 Å². The Morgan fingerprint density at radius 3 is 2.84 bits per heavy atom. The quantitative estimate of drug-likeness (QED) is 0.843. The van der Waals surface area contributed by atoms with Crippen molar-refractivity contribution in [2.24, 2.45) is 5.92 Å². The second-order valence-electron chi connectivity index (χ2n) is 5.56. The molecule has 2 rings (SSSR count). The number of aryl methyl sites for hydroxylation is 1. The van der Waals surface area contributed by atoms with E-state index in [1.54, 1.807) is 0 Å². The molecule has 1 aliphatic heterocycles. The Hall–Kier alpha value is -0.860. The molecule has 0 amide bonds. The topological polar surface area (TPSA) is 21.3 Å². The molecule has 1 fully saturated rings. The second-order valence-corrected chi connectivity index (χ2v) is 5.56. The van der Waals surface area contributed by atoms with Gasteiger partial charge in [0.05, 0.1) is 6.10 Å². The fourth-order valence-electron chi connectivity index (χ4n) is 3.01. The third-order valence-electron chi connectivity index (χ3n) is 4.20. The lowest BCUT2D eigenvalue weighted by Crippen LogP contribution is -2.32. The van der Waals surface area contributed by atoms with Crippen molar-refractivity contribution in [3.05, 3.63) is 35.4 Å². The minimum atomic E-state index is 0.361. The molecule has 0 saturated carbocycles. The van der Waals surface area contributed by atoms with Crippen molar-refractivity contribution in [2.45, 2.75) is 52.2 Å². The van der Waals surface area contributed by atoms with Crippen molar-refractivity contribution in [3.8, 4) is 0 Å². The summed E-state index contributed by atoms with van der Waals surface area (Å²) in [4.78, 5) is 0. The van der Waals surface area contributed by atoms with Gasteiger partial charge in [-0.05, 0) is 43.9 Å². The molecule has 0 aliphatic carbocycles. The van der Waals surface area contributed by atoms with E-state index >= 15 is 0 Å². The summed E-state index contributed by atoms with van der Waals surface area (Å²) in [5, 5.41) is 3.73. The number of benzene rings is 1. The minimum absolute atomic E-state index is 0.361. The SMILES string of the molecule is CCCNC(c1cccc(CC)c1)C1CCOC1C. The van der Waals surface area contributed by atoms with E-state index in [0.717, 1.165) is 19.6 Å². The van der Waals surface area contributed by atoms with Crippen LogP contribution in [-0.2, 0) is 11.2 Å². The number of hydrogen-bond acceptors (Lipinski definition) is 2. The molecular formula is C17H27NO. The number of nitrogens with one attached hydrogen (secondary N) is 1. The van der Waals surface area contributed by atoms with Crippen LogP contribution in [0.15, 0.2) is 24.3 Å². The highest BCUT2D eigenvalue weighted by atomic mass is 16.5. The highest BCUT2D eigenvalue weighted by molar-refractivity contribution is 5.27. The predicted molar refractivity (Wildman–Crippen MR) is 80.4 cm³/mol. The third kappa shape index (κ3) is 3.58. The van der Waals surface area contributed by atoms with Gasteiger partial charge in [0.25, 0.3) is 0 Å². The van der Waals surface area contributed by atoms with Crippen LogP contribution in [0.4, 0.5) is 0 Å². The summed E-state index contributed by atoms with van der Waals surface area (Å²) in [7, 11) is 0. The van der Waals surface area contributed by atoms with E-state index in [1.165, 1.54) is 24.0 Å². The van der Waals surface area contributed by atoms with Gasteiger partial charge in [0, 0.05) is 18.6 Å². The Labute approximate surface area is 117 Å². The molecule has 0 aromatic heterocycles. The van der Waals surface area contributed by atoms with Crippen LogP contribution in [0.25, 0.3) is 0 Å². The summed E-state index contributed by atoms with van der Waals surface area (Å²) in [5.74, 6) is 0.596. The molecule has 1 aromatic carbocycles. The molecule has 3 unspecified atom stereocenters. The molecule has 1 aliphatic rings. The first-order chi connectivity index (χ1) is 9.26. The lowest BCUT2D eigenvalue weighted by Gasteiger charge is -2.28. The van der Waals surface area contributed by atoms with E-state index in [1.807, 2.05) is 0 Å². The Morgan fingerprint density at radius 1 is 1.37 bits per heavy atom. The molecule has 1 aromatic rings. The first kappa shape index (κ1) is 14.5. The predicted octanol–water partition coefficient (Wildman–Crippen LogP) is 3.71. The summed E-state index contributed by atoms with van der Waals surface area (Å²) in [6.45, 7) is 8.63. The van der Waals surface area contributed by atoms with Crippen LogP contribution in [-0.4, -0.2) is 19.3 Å². The Morgan fingerprint density at radius 2 is 2.21 bits per heavy atom. The maximum absolute atomic E-state index is 5.76. The lowest BCUT2D eigenvalue weighted by molar-refractivity contribution is 0.0953. The van der Waals surface area contributed by atoms with Crippen LogP contribution in [0.5, 0.6) is 0 Å². The molecule has 0 spiro atoms. The van der Waals surface area contributed by atoms with Crippen LogP contribution >= 0.6 is 0 Å². The van der Waals surface area contributed by atoms with Gasteiger partial charge in [-0.15, -0.1) is 0 Å². The van der Waals surface area contributed by atoms with Gasteiger partial charge in [0.15, 0.2) is 0 Å². The summed E-state index contributed by atoms with van der Waals surface area (Å²) in [5.41, 5.74) is 2.85. The standard InChI is InChI=1S/C17H27NO/c1-4-10-18-17(16-9-11-19-13(16)3)15-8-6-7-14(5-2)12-15/h6-8,12-13,16-18H,4-5,9-11H2,1-3H3. The first-order valence-corrected chi connectivity index (χ1v) is 7.70. The van der Waals surface area contributed by atoms with Gasteiger partial charge in [0.2, 0.25) is 0 Å². The molecule has 3 atom stereocenters. The molecule has 1 saturated heterocycles. The highest BCUT2D eigenvalue weighted by Gasteiger charge is 2.32. The maximum Gasteiger partial charge on any atom is 0.0594 e. The minimum Gasteiger partial charge on any atom is -0.378 e. The van der Waals surface area contributed by atoms with Crippen molar-refractivity contribution in [2.75, 3.05) is 13.2 Å². The lowest BCUT2D eigenvalue weighted by atomic mass is 9.87. The molecule has 2 heteroatoms. The van der Waals surface area contributed by atoms with Crippen LogP contribution in [0.2, 0.25) is 0 Å². The molecule has 19 heavy (non-hydrogen) atoms. The van der Waals surface area contributed by atoms with E-state index in [0.29, 0.717) is 18.1 Å². The fourth-order valence-corrected chi connectivity index (χ4v) is 3.01. The molecule has 2 nitrogen and oxygen atoms in total.